The van der Waals surface area contributed by atoms with Crippen molar-refractivity contribution in [2.45, 2.75) is 0 Å². The van der Waals surface area contributed by atoms with Crippen molar-refractivity contribution in [2.24, 2.45) is 0 Å². The zero-order chi connectivity index (χ0) is 16.3. The van der Waals surface area contributed by atoms with E-state index in [1.165, 1.54) is 0 Å². The Kier molecular flexibility index (Phi) is 5.63. The van der Waals surface area contributed by atoms with Crippen molar-refractivity contribution in [1.82, 2.24) is 14.9 Å². The number of ether oxygens (including phenoxy) is 1. The standard InChI is InChI=1S/C15H22IN5O/c1-20(2)7-6-17-14-10-8-13(22-5)11(16)9-12(10)18-15(19-14)21(3)4/h8-9H,6-7H2,1-5H3,(H,17,18,19). The van der Waals surface area contributed by atoms with Crippen molar-refractivity contribution in [2.75, 3.05) is 58.6 Å². The van der Waals surface area contributed by atoms with Crippen LogP contribution in [0.3, 0.4) is 0 Å². The highest BCUT2D eigenvalue weighted by molar-refractivity contribution is 14.1. The normalized spacial score (nSPS) is 11.0. The molecule has 0 saturated heterocycles. The van der Waals surface area contributed by atoms with Gasteiger partial charge in [-0.25, -0.2) is 4.98 Å². The van der Waals surface area contributed by atoms with E-state index in [-0.39, 0.29) is 0 Å². The Hall–Kier alpha value is -1.35. The van der Waals surface area contributed by atoms with E-state index in [2.05, 4.69) is 56.9 Å². The molecule has 1 aromatic heterocycles. The van der Waals surface area contributed by atoms with Gasteiger partial charge < -0.3 is 19.9 Å². The zero-order valence-corrected chi connectivity index (χ0v) is 15.8. The molecular weight excluding hydrogens is 393 g/mol. The first-order valence-corrected chi connectivity index (χ1v) is 8.11. The van der Waals surface area contributed by atoms with Crippen LogP contribution in [-0.2, 0) is 0 Å². The van der Waals surface area contributed by atoms with Crippen molar-refractivity contribution in [1.29, 1.82) is 0 Å². The second-order valence-electron chi connectivity index (χ2n) is 5.50. The van der Waals surface area contributed by atoms with Crippen molar-refractivity contribution in [3.05, 3.63) is 15.7 Å². The molecule has 0 saturated carbocycles. The molecule has 6 nitrogen and oxygen atoms in total. The number of rotatable bonds is 6. The zero-order valence-electron chi connectivity index (χ0n) is 13.6. The van der Waals surface area contributed by atoms with Gasteiger partial charge in [-0.05, 0) is 48.8 Å². The molecule has 2 aromatic rings. The molecule has 0 aliphatic heterocycles. The van der Waals surface area contributed by atoms with Crippen molar-refractivity contribution >= 4 is 45.3 Å². The van der Waals surface area contributed by atoms with Crippen LogP contribution in [-0.4, -0.2) is 63.3 Å². The predicted molar refractivity (Wildman–Crippen MR) is 100 cm³/mol. The number of hydrogen-bond acceptors (Lipinski definition) is 6. The van der Waals surface area contributed by atoms with E-state index in [0.29, 0.717) is 5.95 Å². The number of halogens is 1. The van der Waals surface area contributed by atoms with Crippen LogP contribution in [0.5, 0.6) is 5.75 Å². The number of nitrogens with one attached hydrogen (secondary N) is 1. The van der Waals surface area contributed by atoms with E-state index in [0.717, 1.165) is 39.1 Å². The third-order valence-corrected chi connectivity index (χ3v) is 4.05. The first-order chi connectivity index (χ1) is 10.4. The van der Waals surface area contributed by atoms with Crippen LogP contribution < -0.4 is 15.0 Å². The lowest BCUT2D eigenvalue weighted by Gasteiger charge is -2.17. The van der Waals surface area contributed by atoms with Gasteiger partial charge in [-0.15, -0.1) is 0 Å². The Labute approximate surface area is 145 Å². The summed E-state index contributed by atoms with van der Waals surface area (Å²) in [6.07, 6.45) is 0. The average molecular weight is 415 g/mol. The summed E-state index contributed by atoms with van der Waals surface area (Å²) in [5, 5.41) is 4.38. The Morgan fingerprint density at radius 3 is 2.50 bits per heavy atom. The molecule has 0 aliphatic carbocycles. The largest absolute Gasteiger partial charge is 0.496 e. The lowest BCUT2D eigenvalue weighted by atomic mass is 10.2. The van der Waals surface area contributed by atoms with Crippen LogP contribution in [0.15, 0.2) is 12.1 Å². The van der Waals surface area contributed by atoms with Gasteiger partial charge in [0.15, 0.2) is 0 Å². The second kappa shape index (κ2) is 7.28. The summed E-state index contributed by atoms with van der Waals surface area (Å²) in [6, 6.07) is 4.02. The fraction of sp³-hybridized carbons (Fsp3) is 0.467. The third-order valence-electron chi connectivity index (χ3n) is 3.21. The van der Waals surface area contributed by atoms with Crippen molar-refractivity contribution in [3.8, 4) is 5.75 Å². The van der Waals surface area contributed by atoms with Crippen LogP contribution >= 0.6 is 22.6 Å². The van der Waals surface area contributed by atoms with Crippen LogP contribution in [0.4, 0.5) is 11.8 Å². The Bertz CT molecular complexity index is 660. The Morgan fingerprint density at radius 1 is 1.18 bits per heavy atom. The van der Waals surface area contributed by atoms with E-state index in [1.807, 2.05) is 31.1 Å². The highest BCUT2D eigenvalue weighted by atomic mass is 127. The summed E-state index contributed by atoms with van der Waals surface area (Å²) in [7, 11) is 9.67. The van der Waals surface area contributed by atoms with Gasteiger partial charge in [0, 0.05) is 32.6 Å². The van der Waals surface area contributed by atoms with Crippen LogP contribution in [0.1, 0.15) is 0 Å². The number of likely N-dealkylation sites (N-methyl/N-ethyl adjacent to an activating group) is 1. The topological polar surface area (TPSA) is 53.5 Å². The SMILES string of the molecule is COc1cc2c(NCCN(C)C)nc(N(C)C)nc2cc1I. The third kappa shape index (κ3) is 3.89. The van der Waals surface area contributed by atoms with E-state index in [1.54, 1.807) is 7.11 Å². The van der Waals surface area contributed by atoms with Crippen LogP contribution in [0, 0.1) is 3.57 Å². The maximum absolute atomic E-state index is 5.42. The molecule has 7 heteroatoms. The molecule has 1 heterocycles. The number of hydrogen-bond donors (Lipinski definition) is 1. The molecule has 0 unspecified atom stereocenters. The van der Waals surface area contributed by atoms with Gasteiger partial charge in [0.2, 0.25) is 5.95 Å². The summed E-state index contributed by atoms with van der Waals surface area (Å²) >= 11 is 2.26. The fourth-order valence-corrected chi connectivity index (χ4v) is 2.68. The molecule has 120 valence electrons. The first-order valence-electron chi connectivity index (χ1n) is 7.03. The average Bonchev–Trinajstić information content (AvgIpc) is 2.45. The van der Waals surface area contributed by atoms with Crippen LogP contribution in [0.25, 0.3) is 10.9 Å². The lowest BCUT2D eigenvalue weighted by Crippen LogP contribution is -2.22. The Morgan fingerprint density at radius 2 is 1.91 bits per heavy atom. The Balaban J connectivity index is 2.49. The van der Waals surface area contributed by atoms with Crippen molar-refractivity contribution < 1.29 is 4.74 Å². The van der Waals surface area contributed by atoms with Gasteiger partial charge in [-0.3, -0.25) is 0 Å². The predicted octanol–water partition coefficient (Wildman–Crippen LogP) is 2.28. The molecular formula is C15H22IN5O. The molecule has 0 spiro atoms. The lowest BCUT2D eigenvalue weighted by molar-refractivity contribution is 0.412. The molecule has 0 amide bonds. The summed E-state index contributed by atoms with van der Waals surface area (Å²) in [5.74, 6) is 2.37. The molecule has 1 N–H and O–H groups in total. The molecule has 22 heavy (non-hydrogen) atoms. The number of aromatic nitrogens is 2. The minimum Gasteiger partial charge on any atom is -0.496 e. The molecule has 0 atom stereocenters. The number of benzene rings is 1. The molecule has 0 fully saturated rings. The molecule has 2 rings (SSSR count). The smallest absolute Gasteiger partial charge is 0.227 e. The molecule has 0 bridgehead atoms. The minimum absolute atomic E-state index is 0.695. The van der Waals surface area contributed by atoms with Gasteiger partial charge in [0.1, 0.15) is 11.6 Å². The van der Waals surface area contributed by atoms with Crippen molar-refractivity contribution in [3.63, 3.8) is 0 Å². The summed E-state index contributed by atoms with van der Waals surface area (Å²) in [5.41, 5.74) is 0.913. The fourth-order valence-electron chi connectivity index (χ4n) is 2.01. The summed E-state index contributed by atoms with van der Waals surface area (Å²) in [4.78, 5) is 13.3. The maximum atomic E-state index is 5.42. The number of methoxy groups -OCH3 is 1. The van der Waals surface area contributed by atoms with Crippen LogP contribution in [0.2, 0.25) is 0 Å². The maximum Gasteiger partial charge on any atom is 0.227 e. The van der Waals surface area contributed by atoms with Gasteiger partial charge in [0.05, 0.1) is 16.2 Å². The summed E-state index contributed by atoms with van der Waals surface area (Å²) < 4.78 is 6.46. The number of fused-ring (bicyclic) bond motifs is 1. The summed E-state index contributed by atoms with van der Waals surface area (Å²) in [6.45, 7) is 1.75. The molecule has 0 aliphatic rings. The van der Waals surface area contributed by atoms with E-state index in [9.17, 15) is 0 Å². The monoisotopic (exact) mass is 415 g/mol. The quantitative estimate of drug-likeness (QED) is 0.731. The minimum atomic E-state index is 0.695. The number of nitrogens with zero attached hydrogens (tertiary/aromatic N) is 4. The number of anilines is 2. The van der Waals surface area contributed by atoms with Gasteiger partial charge >= 0.3 is 0 Å². The van der Waals surface area contributed by atoms with Gasteiger partial charge in [0.25, 0.3) is 0 Å². The highest BCUT2D eigenvalue weighted by Crippen LogP contribution is 2.31. The molecule has 1 aromatic carbocycles. The van der Waals surface area contributed by atoms with Gasteiger partial charge in [-0.1, -0.05) is 0 Å². The highest BCUT2D eigenvalue weighted by Gasteiger charge is 2.12. The van der Waals surface area contributed by atoms with Gasteiger partial charge in [-0.2, -0.15) is 4.98 Å². The van der Waals surface area contributed by atoms with E-state index >= 15 is 0 Å². The first kappa shape index (κ1) is 17.0. The van der Waals surface area contributed by atoms with E-state index in [4.69, 9.17) is 4.74 Å². The molecule has 0 radical (unpaired) electrons. The second-order valence-corrected chi connectivity index (χ2v) is 6.66. The van der Waals surface area contributed by atoms with E-state index < -0.39 is 0 Å².